The van der Waals surface area contributed by atoms with Crippen molar-refractivity contribution in [2.75, 3.05) is 5.73 Å². The molecular weight excluding hydrogens is 222 g/mol. The van der Waals surface area contributed by atoms with Gasteiger partial charge in [-0.25, -0.2) is 0 Å². The van der Waals surface area contributed by atoms with Crippen LogP contribution in [0.2, 0.25) is 0 Å². The van der Waals surface area contributed by atoms with E-state index in [1.54, 1.807) is 0 Å². The second-order valence-corrected chi connectivity index (χ2v) is 4.97. The number of nitrogens with two attached hydrogens (primary N) is 1. The Bertz CT molecular complexity index is 544. The number of nitrogens with zero attached hydrogens (tertiary/aromatic N) is 2. The lowest BCUT2D eigenvalue weighted by atomic mass is 9.97. The topological polar surface area (TPSA) is 43.8 Å². The fourth-order valence-corrected chi connectivity index (χ4v) is 2.53. The monoisotopic (exact) mass is 243 g/mol. The Hall–Kier alpha value is -1.77. The number of aromatic nitrogens is 2. The van der Waals surface area contributed by atoms with E-state index in [4.69, 9.17) is 5.73 Å². The summed E-state index contributed by atoms with van der Waals surface area (Å²) in [5.74, 6) is 0. The number of anilines is 1. The van der Waals surface area contributed by atoms with E-state index in [1.165, 1.54) is 22.3 Å². The zero-order chi connectivity index (χ0) is 13.3. The van der Waals surface area contributed by atoms with Crippen LogP contribution < -0.4 is 5.73 Å². The molecule has 3 heteroatoms. The third-order valence-electron chi connectivity index (χ3n) is 3.16. The van der Waals surface area contributed by atoms with Crippen molar-refractivity contribution in [2.45, 2.75) is 40.7 Å². The van der Waals surface area contributed by atoms with Crippen LogP contribution in [0.4, 0.5) is 5.69 Å². The zero-order valence-corrected chi connectivity index (χ0v) is 11.6. The van der Waals surface area contributed by atoms with Gasteiger partial charge in [0.05, 0.1) is 5.69 Å². The van der Waals surface area contributed by atoms with Gasteiger partial charge >= 0.3 is 0 Å². The maximum Gasteiger partial charge on any atom is 0.116 e. The lowest BCUT2D eigenvalue weighted by molar-refractivity contribution is 0.604. The smallest absolute Gasteiger partial charge is 0.116 e. The summed E-state index contributed by atoms with van der Waals surface area (Å²) >= 11 is 0. The van der Waals surface area contributed by atoms with Crippen LogP contribution in [0.1, 0.15) is 30.0 Å². The van der Waals surface area contributed by atoms with Crippen molar-refractivity contribution in [1.82, 2.24) is 9.78 Å². The number of hydrogen-bond donors (Lipinski definition) is 1. The molecule has 96 valence electrons. The number of nitrogen functional groups attached to an aromatic ring is 1. The molecule has 0 aliphatic carbocycles. The molecule has 0 saturated carbocycles. The van der Waals surface area contributed by atoms with Crippen LogP contribution in [-0.2, 0) is 6.54 Å². The average Bonchev–Trinajstić information content (AvgIpc) is 2.59. The zero-order valence-electron chi connectivity index (χ0n) is 11.6. The Labute approximate surface area is 109 Å². The molecule has 0 spiro atoms. The standard InChI is InChI=1S/C15H21N3/c1-5-6-18-9-13(16)15(17-18)14-11(3)7-10(2)8-12(14)4/h7-9H,5-6,16H2,1-4H3. The largest absolute Gasteiger partial charge is 0.396 e. The van der Waals surface area contributed by atoms with E-state index in [-0.39, 0.29) is 0 Å². The van der Waals surface area contributed by atoms with Crippen LogP contribution in [0.15, 0.2) is 18.3 Å². The predicted octanol–water partition coefficient (Wildman–Crippen LogP) is 3.47. The van der Waals surface area contributed by atoms with Gasteiger partial charge in [-0.1, -0.05) is 24.6 Å². The molecular formula is C15H21N3. The van der Waals surface area contributed by atoms with Crippen LogP contribution >= 0.6 is 0 Å². The van der Waals surface area contributed by atoms with Crippen molar-refractivity contribution in [2.24, 2.45) is 0 Å². The summed E-state index contributed by atoms with van der Waals surface area (Å²) in [6, 6.07) is 4.36. The second kappa shape index (κ2) is 4.84. The fraction of sp³-hybridized carbons (Fsp3) is 0.400. The van der Waals surface area contributed by atoms with E-state index in [0.29, 0.717) is 0 Å². The van der Waals surface area contributed by atoms with Gasteiger partial charge in [-0.15, -0.1) is 0 Å². The summed E-state index contributed by atoms with van der Waals surface area (Å²) in [5.41, 5.74) is 12.7. The predicted molar refractivity (Wildman–Crippen MR) is 76.6 cm³/mol. The number of hydrogen-bond acceptors (Lipinski definition) is 2. The SMILES string of the molecule is CCCn1cc(N)c(-c2c(C)cc(C)cc2C)n1. The Morgan fingerprint density at radius 1 is 1.17 bits per heavy atom. The first-order valence-electron chi connectivity index (χ1n) is 6.44. The molecule has 0 amide bonds. The third-order valence-corrected chi connectivity index (χ3v) is 3.16. The molecule has 0 aliphatic heterocycles. The van der Waals surface area contributed by atoms with Gasteiger partial charge in [-0.3, -0.25) is 4.68 Å². The molecule has 1 heterocycles. The Balaban J connectivity index is 2.55. The molecule has 2 rings (SSSR count). The molecule has 0 fully saturated rings. The highest BCUT2D eigenvalue weighted by Gasteiger charge is 2.13. The van der Waals surface area contributed by atoms with Gasteiger partial charge in [0.25, 0.3) is 0 Å². The van der Waals surface area contributed by atoms with Crippen molar-refractivity contribution in [1.29, 1.82) is 0 Å². The summed E-state index contributed by atoms with van der Waals surface area (Å²) in [6.45, 7) is 9.40. The van der Waals surface area contributed by atoms with Crippen molar-refractivity contribution in [3.05, 3.63) is 35.0 Å². The number of aryl methyl sites for hydroxylation is 4. The molecule has 3 nitrogen and oxygen atoms in total. The maximum atomic E-state index is 6.10. The molecule has 18 heavy (non-hydrogen) atoms. The number of rotatable bonds is 3. The third kappa shape index (κ3) is 2.26. The van der Waals surface area contributed by atoms with Gasteiger partial charge in [-0.05, 0) is 38.3 Å². The van der Waals surface area contributed by atoms with Gasteiger partial charge in [0.1, 0.15) is 5.69 Å². The first-order chi connectivity index (χ1) is 8.52. The summed E-state index contributed by atoms with van der Waals surface area (Å²) in [4.78, 5) is 0. The highest BCUT2D eigenvalue weighted by molar-refractivity contribution is 5.77. The van der Waals surface area contributed by atoms with E-state index in [9.17, 15) is 0 Å². The Morgan fingerprint density at radius 2 is 1.78 bits per heavy atom. The maximum absolute atomic E-state index is 6.10. The molecule has 2 N–H and O–H groups in total. The molecule has 1 aromatic heterocycles. The van der Waals surface area contributed by atoms with E-state index in [1.807, 2.05) is 10.9 Å². The summed E-state index contributed by atoms with van der Waals surface area (Å²) < 4.78 is 1.93. The van der Waals surface area contributed by atoms with E-state index >= 15 is 0 Å². The van der Waals surface area contributed by atoms with E-state index in [0.717, 1.165) is 24.3 Å². The van der Waals surface area contributed by atoms with Crippen LogP contribution in [0.25, 0.3) is 11.3 Å². The van der Waals surface area contributed by atoms with Crippen LogP contribution in [0, 0.1) is 20.8 Å². The molecule has 2 aromatic rings. The lowest BCUT2D eigenvalue weighted by Crippen LogP contribution is -1.98. The summed E-state index contributed by atoms with van der Waals surface area (Å²) in [5, 5.41) is 4.61. The molecule has 0 saturated heterocycles. The van der Waals surface area contributed by atoms with Crippen molar-refractivity contribution in [3.63, 3.8) is 0 Å². The first-order valence-corrected chi connectivity index (χ1v) is 6.44. The summed E-state index contributed by atoms with van der Waals surface area (Å²) in [7, 11) is 0. The quantitative estimate of drug-likeness (QED) is 0.897. The van der Waals surface area contributed by atoms with E-state index in [2.05, 4.69) is 44.9 Å². The Morgan fingerprint density at radius 3 is 2.33 bits per heavy atom. The van der Waals surface area contributed by atoms with Gasteiger partial charge < -0.3 is 5.73 Å². The van der Waals surface area contributed by atoms with Gasteiger partial charge in [-0.2, -0.15) is 5.10 Å². The first kappa shape index (κ1) is 12.7. The van der Waals surface area contributed by atoms with Gasteiger partial charge in [0.2, 0.25) is 0 Å². The normalized spacial score (nSPS) is 10.9. The minimum absolute atomic E-state index is 0.763. The second-order valence-electron chi connectivity index (χ2n) is 4.97. The molecule has 0 bridgehead atoms. The van der Waals surface area contributed by atoms with Crippen molar-refractivity contribution in [3.8, 4) is 11.3 Å². The van der Waals surface area contributed by atoms with Crippen LogP contribution in [0.5, 0.6) is 0 Å². The molecule has 0 radical (unpaired) electrons. The van der Waals surface area contributed by atoms with E-state index < -0.39 is 0 Å². The molecule has 0 aliphatic rings. The minimum atomic E-state index is 0.763. The highest BCUT2D eigenvalue weighted by atomic mass is 15.3. The molecule has 1 aromatic carbocycles. The molecule has 0 unspecified atom stereocenters. The highest BCUT2D eigenvalue weighted by Crippen LogP contribution is 2.31. The lowest BCUT2D eigenvalue weighted by Gasteiger charge is -2.09. The minimum Gasteiger partial charge on any atom is -0.396 e. The van der Waals surface area contributed by atoms with Crippen LogP contribution in [-0.4, -0.2) is 9.78 Å². The fourth-order valence-electron chi connectivity index (χ4n) is 2.53. The number of benzene rings is 1. The van der Waals surface area contributed by atoms with Crippen molar-refractivity contribution < 1.29 is 0 Å². The molecule has 0 atom stereocenters. The van der Waals surface area contributed by atoms with Crippen LogP contribution in [0.3, 0.4) is 0 Å². The average molecular weight is 243 g/mol. The summed E-state index contributed by atoms with van der Waals surface area (Å²) in [6.07, 6.45) is 2.99. The van der Waals surface area contributed by atoms with Gasteiger partial charge in [0.15, 0.2) is 0 Å². The van der Waals surface area contributed by atoms with Crippen molar-refractivity contribution >= 4 is 5.69 Å². The van der Waals surface area contributed by atoms with Gasteiger partial charge in [0, 0.05) is 18.3 Å². The Kier molecular flexibility index (Phi) is 3.41.